The molecule has 4 rings (SSSR count). The van der Waals surface area contributed by atoms with Crippen molar-refractivity contribution in [3.8, 4) is 17.0 Å². The Balaban J connectivity index is 1.50. The van der Waals surface area contributed by atoms with E-state index in [4.69, 9.17) is 4.74 Å². The number of nitrogens with one attached hydrogen (secondary N) is 2. The molecule has 0 unspecified atom stereocenters. The first-order valence-corrected chi connectivity index (χ1v) is 11.3. The van der Waals surface area contributed by atoms with Crippen LogP contribution < -0.4 is 10.1 Å². The highest BCUT2D eigenvalue weighted by Crippen LogP contribution is 2.32. The van der Waals surface area contributed by atoms with Gasteiger partial charge in [0, 0.05) is 49.2 Å². The largest absolute Gasteiger partial charge is 0.497 e. The van der Waals surface area contributed by atoms with E-state index in [1.165, 1.54) is 6.92 Å². The van der Waals surface area contributed by atoms with Gasteiger partial charge in [0.2, 0.25) is 11.8 Å². The Morgan fingerprint density at radius 2 is 1.76 bits per heavy atom. The number of benzene rings is 3. The van der Waals surface area contributed by atoms with Crippen molar-refractivity contribution in [3.05, 3.63) is 83.9 Å². The molecule has 6 nitrogen and oxygen atoms in total. The van der Waals surface area contributed by atoms with Crippen LogP contribution in [0.4, 0.5) is 5.69 Å². The van der Waals surface area contributed by atoms with Crippen molar-refractivity contribution in [2.75, 3.05) is 19.5 Å². The van der Waals surface area contributed by atoms with Crippen LogP contribution in [0.25, 0.3) is 22.2 Å². The summed E-state index contributed by atoms with van der Waals surface area (Å²) < 4.78 is 5.29. The van der Waals surface area contributed by atoms with Crippen LogP contribution in [-0.4, -0.2) is 35.9 Å². The molecule has 6 heteroatoms. The highest BCUT2D eigenvalue weighted by molar-refractivity contribution is 5.94. The van der Waals surface area contributed by atoms with Crippen molar-refractivity contribution in [2.45, 2.75) is 26.3 Å². The second-order valence-electron chi connectivity index (χ2n) is 8.38. The smallest absolute Gasteiger partial charge is 0.224 e. The summed E-state index contributed by atoms with van der Waals surface area (Å²) >= 11 is 0. The Kier molecular flexibility index (Phi) is 6.97. The van der Waals surface area contributed by atoms with Gasteiger partial charge < -0.3 is 19.9 Å². The van der Waals surface area contributed by atoms with Gasteiger partial charge in [0.25, 0.3) is 0 Å². The van der Waals surface area contributed by atoms with E-state index in [1.807, 2.05) is 60.7 Å². The fourth-order valence-corrected chi connectivity index (χ4v) is 4.06. The lowest BCUT2D eigenvalue weighted by atomic mass is 10.0. The van der Waals surface area contributed by atoms with E-state index in [1.54, 1.807) is 19.1 Å². The lowest BCUT2D eigenvalue weighted by molar-refractivity contribution is -0.128. The number of carbonyl (C=O) groups is 2. The van der Waals surface area contributed by atoms with Gasteiger partial charge in [-0.15, -0.1) is 0 Å². The Morgan fingerprint density at radius 1 is 1.00 bits per heavy atom. The highest BCUT2D eigenvalue weighted by Gasteiger charge is 2.15. The zero-order chi connectivity index (χ0) is 24.1. The maximum atomic E-state index is 12.8. The number of anilines is 1. The van der Waals surface area contributed by atoms with Crippen LogP contribution in [0.3, 0.4) is 0 Å². The number of nitrogens with zero attached hydrogens (tertiary/aromatic N) is 1. The number of para-hydroxylation sites is 1. The first kappa shape index (κ1) is 23.1. The molecule has 0 saturated carbocycles. The third-order valence-corrected chi connectivity index (χ3v) is 5.96. The van der Waals surface area contributed by atoms with Gasteiger partial charge >= 0.3 is 0 Å². The minimum Gasteiger partial charge on any atom is -0.497 e. The molecular formula is C28H29N3O3. The monoisotopic (exact) mass is 455 g/mol. The molecule has 0 atom stereocenters. The van der Waals surface area contributed by atoms with Gasteiger partial charge in [-0.05, 0) is 65.6 Å². The molecule has 0 aliphatic carbocycles. The molecule has 0 aliphatic heterocycles. The van der Waals surface area contributed by atoms with Gasteiger partial charge in [0.15, 0.2) is 0 Å². The maximum Gasteiger partial charge on any atom is 0.224 e. The summed E-state index contributed by atoms with van der Waals surface area (Å²) in [5.41, 5.74) is 5.93. The molecule has 0 aliphatic rings. The Bertz CT molecular complexity index is 1310. The Hall–Kier alpha value is -4.06. The zero-order valence-corrected chi connectivity index (χ0v) is 19.7. The molecule has 1 heterocycles. The second kappa shape index (κ2) is 10.3. The molecule has 0 fully saturated rings. The van der Waals surface area contributed by atoms with Crippen molar-refractivity contribution in [1.82, 2.24) is 9.88 Å². The normalized spacial score (nSPS) is 10.8. The van der Waals surface area contributed by atoms with Crippen LogP contribution in [0.15, 0.2) is 72.8 Å². The van der Waals surface area contributed by atoms with Crippen LogP contribution in [0.5, 0.6) is 5.75 Å². The summed E-state index contributed by atoms with van der Waals surface area (Å²) in [4.78, 5) is 29.5. The average Bonchev–Trinajstić information content (AvgIpc) is 3.21. The summed E-state index contributed by atoms with van der Waals surface area (Å²) in [6, 6.07) is 23.7. The number of hydrogen-bond donors (Lipinski definition) is 2. The molecule has 0 saturated heterocycles. The molecule has 1 aromatic heterocycles. The quantitative estimate of drug-likeness (QED) is 0.374. The van der Waals surface area contributed by atoms with Gasteiger partial charge in [0.1, 0.15) is 5.75 Å². The van der Waals surface area contributed by atoms with Gasteiger partial charge in [-0.1, -0.05) is 30.3 Å². The number of ether oxygens (including phenoxy) is 1. The number of aryl methyl sites for hydroxylation is 1. The summed E-state index contributed by atoms with van der Waals surface area (Å²) in [6.07, 6.45) is 0.951. The first-order chi connectivity index (χ1) is 16.4. The number of methoxy groups -OCH3 is 1. The standard InChI is InChI=1S/C28H29N3O3/c1-19(32)31(2)18-20-7-6-8-22(17-20)29-27(33)16-15-25-24-9-4-5-10-26(24)30-28(25)21-11-13-23(34-3)14-12-21/h4-14,17,30H,15-16,18H2,1-3H3,(H,29,33). The fraction of sp³-hybridized carbons (Fsp3) is 0.214. The van der Waals surface area contributed by atoms with Crippen LogP contribution >= 0.6 is 0 Å². The summed E-state index contributed by atoms with van der Waals surface area (Å²) in [6.45, 7) is 2.04. The van der Waals surface area contributed by atoms with Gasteiger partial charge in [-0.2, -0.15) is 0 Å². The number of aromatic amines is 1. The van der Waals surface area contributed by atoms with E-state index in [0.717, 1.165) is 44.7 Å². The third kappa shape index (κ3) is 5.29. The lowest BCUT2D eigenvalue weighted by Gasteiger charge is -2.15. The number of rotatable bonds is 8. The Labute approximate surface area is 199 Å². The van der Waals surface area contributed by atoms with Crippen LogP contribution in [-0.2, 0) is 22.6 Å². The number of aromatic nitrogens is 1. The molecule has 2 N–H and O–H groups in total. The molecule has 4 aromatic rings. The highest BCUT2D eigenvalue weighted by atomic mass is 16.5. The number of fused-ring (bicyclic) bond motifs is 1. The van der Waals surface area contributed by atoms with Crippen molar-refractivity contribution in [2.24, 2.45) is 0 Å². The predicted octanol–water partition coefficient (Wildman–Crippen LogP) is 5.39. The number of hydrogen-bond acceptors (Lipinski definition) is 3. The zero-order valence-electron chi connectivity index (χ0n) is 19.7. The van der Waals surface area contributed by atoms with Gasteiger partial charge in [-0.25, -0.2) is 0 Å². The SMILES string of the molecule is COc1ccc(-c2[nH]c3ccccc3c2CCC(=O)Nc2cccc(CN(C)C(C)=O)c2)cc1. The summed E-state index contributed by atoms with van der Waals surface area (Å²) in [7, 11) is 3.41. The van der Waals surface area contributed by atoms with Crippen molar-refractivity contribution >= 4 is 28.4 Å². The van der Waals surface area contributed by atoms with Crippen molar-refractivity contribution in [3.63, 3.8) is 0 Å². The van der Waals surface area contributed by atoms with Gasteiger partial charge in [0.05, 0.1) is 7.11 Å². The molecule has 0 bridgehead atoms. The number of carbonyl (C=O) groups excluding carboxylic acids is 2. The summed E-state index contributed by atoms with van der Waals surface area (Å²) in [5.74, 6) is 0.751. The summed E-state index contributed by atoms with van der Waals surface area (Å²) in [5, 5.41) is 4.12. The van der Waals surface area contributed by atoms with E-state index in [0.29, 0.717) is 19.4 Å². The van der Waals surface area contributed by atoms with E-state index in [2.05, 4.69) is 22.4 Å². The number of H-pyrrole nitrogens is 1. The molecule has 3 aromatic carbocycles. The molecule has 0 spiro atoms. The van der Waals surface area contributed by atoms with E-state index in [-0.39, 0.29) is 11.8 Å². The van der Waals surface area contributed by atoms with E-state index < -0.39 is 0 Å². The molecule has 174 valence electrons. The van der Waals surface area contributed by atoms with E-state index in [9.17, 15) is 9.59 Å². The molecule has 0 radical (unpaired) electrons. The predicted molar refractivity (Wildman–Crippen MR) is 136 cm³/mol. The molecular weight excluding hydrogens is 426 g/mol. The van der Waals surface area contributed by atoms with Gasteiger partial charge in [-0.3, -0.25) is 9.59 Å². The number of amides is 2. The second-order valence-corrected chi connectivity index (χ2v) is 8.38. The maximum absolute atomic E-state index is 12.8. The first-order valence-electron chi connectivity index (χ1n) is 11.3. The van der Waals surface area contributed by atoms with Crippen LogP contribution in [0.2, 0.25) is 0 Å². The molecule has 34 heavy (non-hydrogen) atoms. The minimum atomic E-state index is -0.0527. The van der Waals surface area contributed by atoms with E-state index >= 15 is 0 Å². The van der Waals surface area contributed by atoms with Crippen molar-refractivity contribution in [1.29, 1.82) is 0 Å². The third-order valence-electron chi connectivity index (χ3n) is 5.96. The lowest BCUT2D eigenvalue weighted by Crippen LogP contribution is -2.23. The fourth-order valence-electron chi connectivity index (χ4n) is 4.06. The minimum absolute atomic E-state index is 0.000770. The van der Waals surface area contributed by atoms with Crippen LogP contribution in [0.1, 0.15) is 24.5 Å². The topological polar surface area (TPSA) is 74.4 Å². The Morgan fingerprint density at radius 3 is 2.50 bits per heavy atom. The average molecular weight is 456 g/mol. The molecule has 2 amide bonds. The van der Waals surface area contributed by atoms with Crippen molar-refractivity contribution < 1.29 is 14.3 Å². The van der Waals surface area contributed by atoms with Crippen LogP contribution in [0, 0.1) is 0 Å².